The Balaban J connectivity index is 1.83. The maximum absolute atomic E-state index is 5.47. The first-order valence-electron chi connectivity index (χ1n) is 4.28. The molecule has 0 aromatic rings. The summed E-state index contributed by atoms with van der Waals surface area (Å²) in [6.07, 6.45) is 3.97. The van der Waals surface area contributed by atoms with Crippen molar-refractivity contribution >= 4 is 0 Å². The highest BCUT2D eigenvalue weighted by Crippen LogP contribution is 2.21. The van der Waals surface area contributed by atoms with Gasteiger partial charge in [0.1, 0.15) is 0 Å². The normalized spacial score (nSPS) is 40.8. The molecule has 2 rings (SSSR count). The molecule has 58 valence electrons. The van der Waals surface area contributed by atoms with Crippen LogP contribution in [0.25, 0.3) is 0 Å². The van der Waals surface area contributed by atoms with E-state index < -0.39 is 0 Å². The van der Waals surface area contributed by atoms with Gasteiger partial charge in [-0.1, -0.05) is 0 Å². The third-order valence-electron chi connectivity index (χ3n) is 2.60. The van der Waals surface area contributed by atoms with Crippen LogP contribution in [-0.2, 0) is 4.74 Å². The molecule has 1 N–H and O–H groups in total. The van der Waals surface area contributed by atoms with Gasteiger partial charge >= 0.3 is 0 Å². The molecule has 0 spiro atoms. The molecule has 2 heterocycles. The lowest BCUT2D eigenvalue weighted by molar-refractivity contribution is 0.0340. The summed E-state index contributed by atoms with van der Waals surface area (Å²) in [4.78, 5) is 0. The van der Waals surface area contributed by atoms with Gasteiger partial charge in [-0.05, 0) is 19.3 Å². The first-order chi connectivity index (χ1) is 4.97. The van der Waals surface area contributed by atoms with Crippen LogP contribution in [0.2, 0.25) is 0 Å². The number of hydrogen-bond donors (Lipinski definition) is 1. The number of hydrogen-bond acceptors (Lipinski definition) is 2. The first kappa shape index (κ1) is 6.62. The fraction of sp³-hybridized carbons (Fsp3) is 1.00. The van der Waals surface area contributed by atoms with Crippen LogP contribution in [0.15, 0.2) is 0 Å². The Labute approximate surface area is 61.9 Å². The lowest BCUT2D eigenvalue weighted by Gasteiger charge is -2.39. The highest BCUT2D eigenvalue weighted by Gasteiger charge is 2.30. The quantitative estimate of drug-likeness (QED) is 0.538. The van der Waals surface area contributed by atoms with Gasteiger partial charge in [-0.25, -0.2) is 0 Å². The molecule has 2 aliphatic rings. The molecule has 0 bridgehead atoms. The molecular weight excluding hydrogens is 126 g/mol. The van der Waals surface area contributed by atoms with Crippen molar-refractivity contribution in [2.45, 2.75) is 25.3 Å². The van der Waals surface area contributed by atoms with E-state index in [4.69, 9.17) is 4.74 Å². The minimum absolute atomic E-state index is 0.792. The van der Waals surface area contributed by atoms with Crippen LogP contribution in [0.4, 0.5) is 0 Å². The van der Waals surface area contributed by atoms with Crippen molar-refractivity contribution in [3.63, 3.8) is 0 Å². The van der Waals surface area contributed by atoms with Crippen molar-refractivity contribution in [3.05, 3.63) is 0 Å². The Morgan fingerprint density at radius 2 is 2.30 bits per heavy atom. The second-order valence-electron chi connectivity index (χ2n) is 3.35. The van der Waals surface area contributed by atoms with Gasteiger partial charge in [0.05, 0.1) is 6.61 Å². The molecule has 0 saturated carbocycles. The van der Waals surface area contributed by atoms with Gasteiger partial charge < -0.3 is 10.1 Å². The van der Waals surface area contributed by atoms with Crippen LogP contribution in [0.3, 0.4) is 0 Å². The summed E-state index contributed by atoms with van der Waals surface area (Å²) in [6.45, 7) is 3.17. The van der Waals surface area contributed by atoms with E-state index >= 15 is 0 Å². The van der Waals surface area contributed by atoms with Crippen LogP contribution in [0.1, 0.15) is 19.3 Å². The van der Waals surface area contributed by atoms with Crippen LogP contribution in [0, 0.1) is 5.92 Å². The average molecular weight is 141 g/mol. The summed E-state index contributed by atoms with van der Waals surface area (Å²) in [5.74, 6) is 0.834. The summed E-state index contributed by atoms with van der Waals surface area (Å²) in [5.41, 5.74) is 0. The molecule has 0 aromatic carbocycles. The van der Waals surface area contributed by atoms with E-state index in [9.17, 15) is 0 Å². The van der Waals surface area contributed by atoms with Crippen LogP contribution >= 0.6 is 0 Å². The fourth-order valence-electron chi connectivity index (χ4n) is 1.77. The van der Waals surface area contributed by atoms with Crippen molar-refractivity contribution in [1.29, 1.82) is 0 Å². The Hall–Kier alpha value is -0.0800. The lowest BCUT2D eigenvalue weighted by Crippen LogP contribution is -2.55. The van der Waals surface area contributed by atoms with Crippen LogP contribution in [0.5, 0.6) is 0 Å². The zero-order valence-corrected chi connectivity index (χ0v) is 6.31. The zero-order chi connectivity index (χ0) is 6.81. The van der Waals surface area contributed by atoms with Crippen molar-refractivity contribution in [2.24, 2.45) is 5.92 Å². The van der Waals surface area contributed by atoms with E-state index in [0.29, 0.717) is 0 Å². The van der Waals surface area contributed by atoms with E-state index in [2.05, 4.69) is 5.32 Å². The number of fused-ring (bicyclic) bond motifs is 1. The van der Waals surface area contributed by atoms with Gasteiger partial charge in [0, 0.05) is 25.1 Å². The van der Waals surface area contributed by atoms with E-state index in [-0.39, 0.29) is 0 Å². The summed E-state index contributed by atoms with van der Waals surface area (Å²) in [5, 5.41) is 3.44. The van der Waals surface area contributed by atoms with Crippen molar-refractivity contribution < 1.29 is 4.74 Å². The summed E-state index contributed by atoms with van der Waals surface area (Å²) in [6, 6.07) is 0.792. The molecule has 0 aliphatic carbocycles. The van der Waals surface area contributed by atoms with Crippen LogP contribution in [-0.4, -0.2) is 25.8 Å². The molecule has 2 saturated heterocycles. The molecule has 2 atom stereocenters. The van der Waals surface area contributed by atoms with Crippen LogP contribution < -0.4 is 5.32 Å². The molecule has 2 nitrogen and oxygen atoms in total. The summed E-state index contributed by atoms with van der Waals surface area (Å²) in [7, 11) is 0. The highest BCUT2D eigenvalue weighted by atomic mass is 16.5. The maximum atomic E-state index is 5.47. The monoisotopic (exact) mass is 141 g/mol. The van der Waals surface area contributed by atoms with Gasteiger partial charge in [-0.2, -0.15) is 0 Å². The molecule has 0 radical (unpaired) electrons. The standard InChI is InChI=1S/C8H15NO/c1-2-4-10-6-7-5-9-8(7)3-1/h7-9H,1-6H2. The van der Waals surface area contributed by atoms with Gasteiger partial charge in [-0.15, -0.1) is 0 Å². The Kier molecular flexibility index (Phi) is 1.91. The molecule has 2 aliphatic heterocycles. The largest absolute Gasteiger partial charge is 0.381 e. The summed E-state index contributed by atoms with van der Waals surface area (Å²) >= 11 is 0. The highest BCUT2D eigenvalue weighted by molar-refractivity contribution is 4.88. The second-order valence-corrected chi connectivity index (χ2v) is 3.35. The minimum Gasteiger partial charge on any atom is -0.381 e. The third-order valence-corrected chi connectivity index (χ3v) is 2.60. The van der Waals surface area contributed by atoms with Crippen molar-refractivity contribution in [2.75, 3.05) is 19.8 Å². The topological polar surface area (TPSA) is 21.3 Å². The van der Waals surface area contributed by atoms with E-state index in [1.807, 2.05) is 0 Å². The Morgan fingerprint density at radius 1 is 1.30 bits per heavy atom. The number of rotatable bonds is 0. The van der Waals surface area contributed by atoms with Crippen molar-refractivity contribution in [3.8, 4) is 0 Å². The first-order valence-corrected chi connectivity index (χ1v) is 4.28. The predicted molar refractivity (Wildman–Crippen MR) is 40.0 cm³/mol. The second kappa shape index (κ2) is 2.89. The minimum atomic E-state index is 0.792. The zero-order valence-electron chi connectivity index (χ0n) is 6.31. The molecule has 0 amide bonds. The summed E-state index contributed by atoms with van der Waals surface area (Å²) < 4.78 is 5.47. The smallest absolute Gasteiger partial charge is 0.0521 e. The average Bonchev–Trinajstić information content (AvgIpc) is 1.89. The van der Waals surface area contributed by atoms with E-state index in [1.165, 1.54) is 25.8 Å². The Morgan fingerprint density at radius 3 is 3.10 bits per heavy atom. The molecule has 0 aromatic heterocycles. The molecule has 10 heavy (non-hydrogen) atoms. The van der Waals surface area contributed by atoms with Gasteiger partial charge in [0.25, 0.3) is 0 Å². The predicted octanol–water partition coefficient (Wildman–Crippen LogP) is 0.775. The fourth-order valence-corrected chi connectivity index (χ4v) is 1.77. The lowest BCUT2D eigenvalue weighted by atomic mass is 9.88. The van der Waals surface area contributed by atoms with Gasteiger partial charge in [-0.3, -0.25) is 0 Å². The SMILES string of the molecule is C1CCC2NCC2COC1. The van der Waals surface area contributed by atoms with Gasteiger partial charge in [0.15, 0.2) is 0 Å². The van der Waals surface area contributed by atoms with E-state index in [0.717, 1.165) is 25.2 Å². The molecular formula is C8H15NO. The molecule has 2 heteroatoms. The maximum Gasteiger partial charge on any atom is 0.0521 e. The molecule has 2 fully saturated rings. The van der Waals surface area contributed by atoms with Gasteiger partial charge in [0.2, 0.25) is 0 Å². The van der Waals surface area contributed by atoms with Crippen molar-refractivity contribution in [1.82, 2.24) is 5.32 Å². The number of ether oxygens (including phenoxy) is 1. The van der Waals surface area contributed by atoms with E-state index in [1.54, 1.807) is 0 Å². The number of nitrogens with one attached hydrogen (secondary N) is 1. The Bertz CT molecular complexity index is 102. The third kappa shape index (κ3) is 1.18. The molecule has 2 unspecified atom stereocenters.